The molecule has 0 fully saturated rings. The number of nitrogen functional groups attached to an aromatic ring is 1. The van der Waals surface area contributed by atoms with E-state index in [4.69, 9.17) is 17.3 Å². The zero-order valence-electron chi connectivity index (χ0n) is 8.11. The van der Waals surface area contributed by atoms with E-state index in [1.165, 1.54) is 11.3 Å². The van der Waals surface area contributed by atoms with Crippen molar-refractivity contribution in [3.8, 4) is 0 Å². The summed E-state index contributed by atoms with van der Waals surface area (Å²) in [5.41, 5.74) is 6.69. The summed E-state index contributed by atoms with van der Waals surface area (Å²) in [6.07, 6.45) is 1.80. The highest BCUT2D eigenvalue weighted by molar-refractivity contribution is 9.10. The van der Waals surface area contributed by atoms with E-state index >= 15 is 0 Å². The predicted molar refractivity (Wildman–Crippen MR) is 75.2 cm³/mol. The first-order valence-electron chi connectivity index (χ1n) is 4.43. The molecule has 0 unspecified atom stereocenters. The maximum absolute atomic E-state index is 5.90. The van der Waals surface area contributed by atoms with Crippen molar-refractivity contribution >= 4 is 56.3 Å². The molecule has 0 bridgehead atoms. The van der Waals surface area contributed by atoms with Crippen molar-refractivity contribution in [2.24, 2.45) is 0 Å². The Kier molecular flexibility index (Phi) is 4.13. The van der Waals surface area contributed by atoms with Crippen molar-refractivity contribution in [1.82, 2.24) is 4.98 Å². The Labute approximate surface area is 115 Å². The molecule has 2 aromatic rings. The van der Waals surface area contributed by atoms with Gasteiger partial charge in [0.05, 0.1) is 0 Å². The number of rotatable bonds is 3. The van der Waals surface area contributed by atoms with Gasteiger partial charge in [-0.25, -0.2) is 4.98 Å². The summed E-state index contributed by atoms with van der Waals surface area (Å²) in [5.74, 6) is 0.843. The molecule has 0 saturated heterocycles. The average Bonchev–Trinajstić information content (AvgIpc) is 2.63. The number of aromatic nitrogens is 1. The predicted octanol–water partition coefficient (Wildman–Crippen LogP) is 4.43. The average molecular weight is 336 g/mol. The summed E-state index contributed by atoms with van der Waals surface area (Å²) in [5, 5.41) is 0. The van der Waals surface area contributed by atoms with Crippen LogP contribution in [-0.4, -0.2) is 4.98 Å². The Hall–Kier alpha value is -0.230. The van der Waals surface area contributed by atoms with Gasteiger partial charge in [-0.1, -0.05) is 27.5 Å². The third kappa shape index (κ3) is 3.13. The molecular formula is C10H8BrClN2S2. The second-order valence-corrected chi connectivity index (χ2v) is 6.68. The highest BCUT2D eigenvalue weighted by atomic mass is 79.9. The van der Waals surface area contributed by atoms with Crippen molar-refractivity contribution in [2.45, 2.75) is 10.6 Å². The largest absolute Gasteiger partial charge is 0.398 e. The molecule has 0 aliphatic rings. The minimum Gasteiger partial charge on any atom is -0.398 e. The van der Waals surface area contributed by atoms with Gasteiger partial charge in [-0.15, -0.1) is 23.1 Å². The second-order valence-electron chi connectivity index (χ2n) is 3.05. The fourth-order valence-electron chi connectivity index (χ4n) is 1.15. The van der Waals surface area contributed by atoms with Gasteiger partial charge in [0, 0.05) is 31.9 Å². The van der Waals surface area contributed by atoms with E-state index in [0.717, 1.165) is 25.7 Å². The fraction of sp³-hybridized carbons (Fsp3) is 0.100. The summed E-state index contributed by atoms with van der Waals surface area (Å²) >= 11 is 12.3. The van der Waals surface area contributed by atoms with Crippen LogP contribution in [0.5, 0.6) is 0 Å². The number of nitrogens with zero attached hydrogens (tertiary/aromatic N) is 1. The highest BCUT2D eigenvalue weighted by Gasteiger charge is 2.04. The van der Waals surface area contributed by atoms with Crippen LogP contribution >= 0.6 is 50.6 Å². The number of hydrogen-bond donors (Lipinski definition) is 1. The van der Waals surface area contributed by atoms with Gasteiger partial charge < -0.3 is 5.73 Å². The summed E-state index contributed by atoms with van der Waals surface area (Å²) in [7, 11) is 0. The topological polar surface area (TPSA) is 38.9 Å². The van der Waals surface area contributed by atoms with Crippen LogP contribution in [0, 0.1) is 0 Å². The molecule has 1 aromatic carbocycles. The Morgan fingerprint density at radius 1 is 1.50 bits per heavy atom. The van der Waals surface area contributed by atoms with Crippen LogP contribution in [0.15, 0.2) is 33.8 Å². The molecular weight excluding hydrogens is 328 g/mol. The van der Waals surface area contributed by atoms with Gasteiger partial charge in [0.25, 0.3) is 0 Å². The van der Waals surface area contributed by atoms with Gasteiger partial charge >= 0.3 is 0 Å². The number of nitrogens with two attached hydrogens (primary N) is 1. The maximum Gasteiger partial charge on any atom is 0.183 e. The molecule has 84 valence electrons. The van der Waals surface area contributed by atoms with E-state index in [-0.39, 0.29) is 0 Å². The van der Waals surface area contributed by atoms with Crippen LogP contribution in [0.1, 0.15) is 4.88 Å². The number of benzene rings is 1. The number of hydrogen-bond acceptors (Lipinski definition) is 4. The summed E-state index contributed by atoms with van der Waals surface area (Å²) in [4.78, 5) is 6.22. The van der Waals surface area contributed by atoms with E-state index in [1.807, 2.05) is 18.2 Å². The summed E-state index contributed by atoms with van der Waals surface area (Å²) in [6.45, 7) is 0. The molecule has 0 aliphatic heterocycles. The second kappa shape index (κ2) is 5.40. The maximum atomic E-state index is 5.90. The first-order valence-corrected chi connectivity index (χ1v) is 7.40. The zero-order valence-corrected chi connectivity index (χ0v) is 12.1. The normalized spacial score (nSPS) is 10.6. The fourth-order valence-corrected chi connectivity index (χ4v) is 3.48. The number of thiazole rings is 1. The van der Waals surface area contributed by atoms with Crippen LogP contribution in [0.25, 0.3) is 0 Å². The van der Waals surface area contributed by atoms with Crippen molar-refractivity contribution in [3.05, 3.63) is 38.2 Å². The lowest BCUT2D eigenvalue weighted by molar-refractivity contribution is 1.36. The van der Waals surface area contributed by atoms with Gasteiger partial charge in [0.2, 0.25) is 0 Å². The summed E-state index contributed by atoms with van der Waals surface area (Å²) in [6, 6.07) is 5.90. The van der Waals surface area contributed by atoms with Gasteiger partial charge in [-0.05, 0) is 18.2 Å². The number of anilines is 1. The monoisotopic (exact) mass is 334 g/mol. The van der Waals surface area contributed by atoms with Crippen molar-refractivity contribution in [3.63, 3.8) is 0 Å². The van der Waals surface area contributed by atoms with E-state index in [2.05, 4.69) is 20.9 Å². The Morgan fingerprint density at radius 3 is 2.94 bits per heavy atom. The van der Waals surface area contributed by atoms with Crippen molar-refractivity contribution in [2.75, 3.05) is 5.73 Å². The van der Waals surface area contributed by atoms with E-state index in [1.54, 1.807) is 18.0 Å². The lowest BCUT2D eigenvalue weighted by atomic mass is 10.3. The van der Waals surface area contributed by atoms with Crippen molar-refractivity contribution in [1.29, 1.82) is 0 Å². The smallest absolute Gasteiger partial charge is 0.183 e. The third-order valence-electron chi connectivity index (χ3n) is 1.87. The number of halogens is 2. The molecule has 0 aliphatic carbocycles. The minimum atomic E-state index is 0.583. The Balaban J connectivity index is 2.04. The van der Waals surface area contributed by atoms with E-state index in [9.17, 15) is 0 Å². The number of thioether (sulfide) groups is 1. The molecule has 0 amide bonds. The Morgan fingerprint density at radius 2 is 2.31 bits per heavy atom. The SMILES string of the molecule is Nc1cc(Br)ccc1SCc1cnc(Cl)s1. The quantitative estimate of drug-likeness (QED) is 0.666. The first-order chi connectivity index (χ1) is 7.65. The van der Waals surface area contributed by atoms with Gasteiger partial charge in [-0.3, -0.25) is 0 Å². The molecule has 2 rings (SSSR count). The molecule has 6 heteroatoms. The molecule has 1 heterocycles. The van der Waals surface area contributed by atoms with E-state index in [0.29, 0.717) is 4.47 Å². The van der Waals surface area contributed by atoms with Gasteiger partial charge in [0.1, 0.15) is 0 Å². The van der Waals surface area contributed by atoms with Gasteiger partial charge in [-0.2, -0.15) is 0 Å². The molecule has 0 saturated carbocycles. The van der Waals surface area contributed by atoms with Crippen LogP contribution in [0.2, 0.25) is 4.47 Å². The molecule has 0 radical (unpaired) electrons. The van der Waals surface area contributed by atoms with Crippen LogP contribution in [-0.2, 0) is 5.75 Å². The van der Waals surface area contributed by atoms with Crippen LogP contribution in [0.3, 0.4) is 0 Å². The first kappa shape index (κ1) is 12.2. The standard InChI is InChI=1S/C10H8BrClN2S2/c11-6-1-2-9(8(13)3-6)15-5-7-4-14-10(12)16-7/h1-4H,5,13H2. The highest BCUT2D eigenvalue weighted by Crippen LogP contribution is 2.32. The van der Waals surface area contributed by atoms with E-state index < -0.39 is 0 Å². The van der Waals surface area contributed by atoms with Crippen LogP contribution in [0.4, 0.5) is 5.69 Å². The lowest BCUT2D eigenvalue weighted by Gasteiger charge is -2.04. The molecule has 0 spiro atoms. The molecule has 16 heavy (non-hydrogen) atoms. The molecule has 2 nitrogen and oxygen atoms in total. The molecule has 1 aromatic heterocycles. The summed E-state index contributed by atoms with van der Waals surface area (Å²) < 4.78 is 1.58. The third-order valence-corrected chi connectivity index (χ3v) is 4.80. The molecule has 2 N–H and O–H groups in total. The minimum absolute atomic E-state index is 0.583. The zero-order chi connectivity index (χ0) is 11.5. The molecule has 0 atom stereocenters. The Bertz CT molecular complexity index is 501. The van der Waals surface area contributed by atoms with Crippen molar-refractivity contribution < 1.29 is 0 Å². The lowest BCUT2D eigenvalue weighted by Crippen LogP contribution is -1.88. The van der Waals surface area contributed by atoms with Crippen LogP contribution < -0.4 is 5.73 Å². The van der Waals surface area contributed by atoms with Gasteiger partial charge in [0.15, 0.2) is 4.47 Å².